The molecule has 2 N–H and O–H groups in total. The van der Waals surface area contributed by atoms with E-state index in [2.05, 4.69) is 12.1 Å². The van der Waals surface area contributed by atoms with Crippen LogP contribution in [0.1, 0.15) is 67.7 Å². The van der Waals surface area contributed by atoms with Crippen molar-refractivity contribution in [2.75, 3.05) is 0 Å². The van der Waals surface area contributed by atoms with Crippen LogP contribution in [0.15, 0.2) is 48.7 Å². The Kier molecular flexibility index (Phi) is 4.65. The number of hydrogen-bond donors (Lipinski definition) is 1. The van der Waals surface area contributed by atoms with Crippen LogP contribution in [0.4, 0.5) is 4.79 Å². The highest BCUT2D eigenvalue weighted by atomic mass is 16.6. The SMILES string of the molecule is CC1(C)OC(=O)N(C2CCC(n3cccc3C(N)=O)CC2)[C@H]1c1ccccc1. The minimum atomic E-state index is -0.575. The van der Waals surface area contributed by atoms with E-state index in [-0.39, 0.29) is 24.2 Å². The molecule has 0 bridgehead atoms. The molecule has 2 aliphatic rings. The Bertz CT molecular complexity index is 866. The van der Waals surface area contributed by atoms with Crippen LogP contribution in [0.5, 0.6) is 0 Å². The molecule has 1 saturated heterocycles. The monoisotopic (exact) mass is 381 g/mol. The second-order valence-corrected chi connectivity index (χ2v) is 8.32. The summed E-state index contributed by atoms with van der Waals surface area (Å²) in [6, 6.07) is 14.0. The normalized spacial score (nSPS) is 26.9. The third kappa shape index (κ3) is 3.17. The second-order valence-electron chi connectivity index (χ2n) is 8.32. The summed E-state index contributed by atoms with van der Waals surface area (Å²) in [5, 5.41) is 0. The van der Waals surface area contributed by atoms with E-state index in [4.69, 9.17) is 10.5 Å². The Morgan fingerprint density at radius 2 is 1.68 bits per heavy atom. The number of ether oxygens (including phenoxy) is 1. The average Bonchev–Trinajstić information content (AvgIpc) is 3.24. The Balaban J connectivity index is 1.54. The minimum Gasteiger partial charge on any atom is -0.441 e. The number of cyclic esters (lactones) is 1. The third-order valence-electron chi connectivity index (χ3n) is 6.10. The summed E-state index contributed by atoms with van der Waals surface area (Å²) >= 11 is 0. The molecule has 1 saturated carbocycles. The highest BCUT2D eigenvalue weighted by Gasteiger charge is 2.51. The Morgan fingerprint density at radius 3 is 2.32 bits per heavy atom. The third-order valence-corrected chi connectivity index (χ3v) is 6.10. The Labute approximate surface area is 165 Å². The van der Waals surface area contributed by atoms with Crippen LogP contribution < -0.4 is 5.73 Å². The molecule has 0 radical (unpaired) electrons. The lowest BCUT2D eigenvalue weighted by molar-refractivity contribution is 0.0661. The van der Waals surface area contributed by atoms with E-state index in [9.17, 15) is 9.59 Å². The summed E-state index contributed by atoms with van der Waals surface area (Å²) in [6.45, 7) is 3.96. The van der Waals surface area contributed by atoms with Gasteiger partial charge in [0.25, 0.3) is 5.91 Å². The highest BCUT2D eigenvalue weighted by molar-refractivity contribution is 5.91. The van der Waals surface area contributed by atoms with E-state index in [1.54, 1.807) is 6.07 Å². The van der Waals surface area contributed by atoms with Crippen molar-refractivity contribution in [1.82, 2.24) is 9.47 Å². The first kappa shape index (κ1) is 18.6. The number of hydrogen-bond acceptors (Lipinski definition) is 3. The van der Waals surface area contributed by atoms with Gasteiger partial charge >= 0.3 is 6.09 Å². The van der Waals surface area contributed by atoms with Crippen molar-refractivity contribution in [1.29, 1.82) is 0 Å². The number of aromatic nitrogens is 1. The first-order valence-electron chi connectivity index (χ1n) is 9.91. The largest absolute Gasteiger partial charge is 0.441 e. The molecule has 2 heterocycles. The quantitative estimate of drug-likeness (QED) is 0.868. The summed E-state index contributed by atoms with van der Waals surface area (Å²) < 4.78 is 7.74. The molecule has 2 fully saturated rings. The van der Waals surface area contributed by atoms with Crippen LogP contribution in [0, 0.1) is 0 Å². The molecule has 148 valence electrons. The molecule has 6 nitrogen and oxygen atoms in total. The highest BCUT2D eigenvalue weighted by Crippen LogP contribution is 2.45. The van der Waals surface area contributed by atoms with E-state index in [1.165, 1.54) is 0 Å². The maximum atomic E-state index is 12.8. The summed E-state index contributed by atoms with van der Waals surface area (Å²) in [7, 11) is 0. The molecular weight excluding hydrogens is 354 g/mol. The van der Waals surface area contributed by atoms with Gasteiger partial charge in [-0.3, -0.25) is 9.69 Å². The van der Waals surface area contributed by atoms with E-state index >= 15 is 0 Å². The minimum absolute atomic E-state index is 0.101. The van der Waals surface area contributed by atoms with Gasteiger partial charge in [0.15, 0.2) is 0 Å². The fourth-order valence-electron chi connectivity index (χ4n) is 4.87. The van der Waals surface area contributed by atoms with Crippen molar-refractivity contribution >= 4 is 12.0 Å². The van der Waals surface area contributed by atoms with Gasteiger partial charge in [-0.2, -0.15) is 0 Å². The van der Waals surface area contributed by atoms with Crippen molar-refractivity contribution in [3.05, 3.63) is 59.9 Å². The Morgan fingerprint density at radius 1 is 1.04 bits per heavy atom. The molecule has 1 aromatic carbocycles. The molecule has 0 unspecified atom stereocenters. The van der Waals surface area contributed by atoms with E-state index < -0.39 is 11.5 Å². The van der Waals surface area contributed by atoms with E-state index in [0.717, 1.165) is 31.2 Å². The lowest BCUT2D eigenvalue weighted by Crippen LogP contribution is -2.43. The maximum absolute atomic E-state index is 12.8. The smallest absolute Gasteiger partial charge is 0.411 e. The van der Waals surface area contributed by atoms with Gasteiger partial charge in [0.1, 0.15) is 11.3 Å². The zero-order valence-corrected chi connectivity index (χ0v) is 16.4. The number of rotatable bonds is 4. The fourth-order valence-corrected chi connectivity index (χ4v) is 4.87. The molecule has 28 heavy (non-hydrogen) atoms. The van der Waals surface area contributed by atoms with Crippen LogP contribution in [-0.2, 0) is 4.74 Å². The van der Waals surface area contributed by atoms with Gasteiger partial charge in [0.2, 0.25) is 0 Å². The molecule has 1 aliphatic carbocycles. The van der Waals surface area contributed by atoms with Crippen molar-refractivity contribution in [2.24, 2.45) is 5.73 Å². The van der Waals surface area contributed by atoms with E-state index in [1.807, 2.05) is 53.8 Å². The first-order valence-corrected chi connectivity index (χ1v) is 9.91. The Hall–Kier alpha value is -2.76. The average molecular weight is 381 g/mol. The lowest BCUT2D eigenvalue weighted by Gasteiger charge is -2.38. The van der Waals surface area contributed by atoms with Crippen LogP contribution in [-0.4, -0.2) is 33.1 Å². The zero-order chi connectivity index (χ0) is 19.9. The van der Waals surface area contributed by atoms with Crippen LogP contribution in [0.3, 0.4) is 0 Å². The van der Waals surface area contributed by atoms with Gasteiger partial charge in [-0.05, 0) is 57.2 Å². The second kappa shape index (κ2) is 7.00. The van der Waals surface area contributed by atoms with Gasteiger partial charge < -0.3 is 15.0 Å². The molecule has 1 aromatic heterocycles. The maximum Gasteiger partial charge on any atom is 0.411 e. The van der Waals surface area contributed by atoms with Gasteiger partial charge in [-0.25, -0.2) is 4.79 Å². The van der Waals surface area contributed by atoms with Gasteiger partial charge in [0.05, 0.1) is 6.04 Å². The van der Waals surface area contributed by atoms with Crippen molar-refractivity contribution in [3.8, 4) is 0 Å². The van der Waals surface area contributed by atoms with Crippen molar-refractivity contribution in [3.63, 3.8) is 0 Å². The molecule has 1 aliphatic heterocycles. The summed E-state index contributed by atoms with van der Waals surface area (Å²) in [5.41, 5.74) is 6.57. The van der Waals surface area contributed by atoms with Gasteiger partial charge in [-0.1, -0.05) is 30.3 Å². The van der Waals surface area contributed by atoms with Crippen LogP contribution in [0.25, 0.3) is 0 Å². The molecule has 4 rings (SSSR count). The molecule has 0 spiro atoms. The molecule has 6 heteroatoms. The van der Waals surface area contributed by atoms with Crippen LogP contribution in [0.2, 0.25) is 0 Å². The lowest BCUT2D eigenvalue weighted by atomic mass is 9.86. The predicted octanol–water partition coefficient (Wildman–Crippen LogP) is 4.04. The fraction of sp³-hybridized carbons (Fsp3) is 0.455. The van der Waals surface area contributed by atoms with Gasteiger partial charge in [0, 0.05) is 18.3 Å². The summed E-state index contributed by atoms with van der Waals surface area (Å²) in [5.74, 6) is -0.402. The molecular formula is C22H27N3O3. The molecule has 1 atom stereocenters. The number of benzene rings is 1. The van der Waals surface area contributed by atoms with Gasteiger partial charge in [-0.15, -0.1) is 0 Å². The number of nitrogens with zero attached hydrogens (tertiary/aromatic N) is 2. The van der Waals surface area contributed by atoms with E-state index in [0.29, 0.717) is 5.69 Å². The van der Waals surface area contributed by atoms with Crippen LogP contribution >= 0.6 is 0 Å². The molecule has 2 amide bonds. The summed E-state index contributed by atoms with van der Waals surface area (Å²) in [6.07, 6.45) is 5.22. The number of carbonyl (C=O) groups is 2. The number of carbonyl (C=O) groups excluding carboxylic acids is 2. The number of nitrogens with two attached hydrogens (primary N) is 1. The van der Waals surface area contributed by atoms with Crippen molar-refractivity contribution in [2.45, 2.75) is 63.3 Å². The number of amides is 2. The number of primary amides is 1. The molecule has 2 aromatic rings. The summed E-state index contributed by atoms with van der Waals surface area (Å²) in [4.78, 5) is 26.3. The predicted molar refractivity (Wildman–Crippen MR) is 106 cm³/mol. The zero-order valence-electron chi connectivity index (χ0n) is 16.4. The first-order chi connectivity index (χ1) is 13.4. The standard InChI is InChI=1S/C22H27N3O3/c1-22(2)19(15-7-4-3-5-8-15)25(21(27)28-22)17-12-10-16(11-13-17)24-14-6-9-18(24)20(23)26/h3-9,14,16-17,19H,10-13H2,1-2H3,(H2,23,26)/t16?,17?,19-/m0/s1. The van der Waals surface area contributed by atoms with Crippen molar-refractivity contribution < 1.29 is 14.3 Å². The topological polar surface area (TPSA) is 77.6 Å².